The van der Waals surface area contributed by atoms with Crippen LogP contribution in [0.15, 0.2) is 43.0 Å². The minimum atomic E-state index is -0.358. The van der Waals surface area contributed by atoms with E-state index in [9.17, 15) is 4.39 Å². The number of nitrogens with zero attached hydrogens (tertiary/aromatic N) is 5. The molecule has 1 aliphatic heterocycles. The maximum Gasteiger partial charge on any atom is 0.217 e. The van der Waals surface area contributed by atoms with Crippen molar-refractivity contribution in [3.63, 3.8) is 0 Å². The summed E-state index contributed by atoms with van der Waals surface area (Å²) in [4.78, 5) is 19.4. The first-order valence-corrected chi connectivity index (χ1v) is 8.39. The first-order chi connectivity index (χ1) is 12.7. The summed E-state index contributed by atoms with van der Waals surface area (Å²) >= 11 is 0. The molecule has 0 radical (unpaired) electrons. The second-order valence-corrected chi connectivity index (χ2v) is 6.18. The van der Waals surface area contributed by atoms with Gasteiger partial charge in [-0.3, -0.25) is 9.88 Å². The average molecular weight is 351 g/mol. The molecule has 0 N–H and O–H groups in total. The Morgan fingerprint density at radius 1 is 1.19 bits per heavy atom. The quantitative estimate of drug-likeness (QED) is 0.720. The van der Waals surface area contributed by atoms with Gasteiger partial charge in [0.15, 0.2) is 5.82 Å². The van der Waals surface area contributed by atoms with E-state index in [-0.39, 0.29) is 5.82 Å². The number of hydrogen-bond donors (Lipinski definition) is 0. The van der Waals surface area contributed by atoms with E-state index >= 15 is 0 Å². The molecule has 0 aromatic carbocycles. The Kier molecular flexibility index (Phi) is 4.53. The Balaban J connectivity index is 1.53. The van der Waals surface area contributed by atoms with Gasteiger partial charge in [0.05, 0.1) is 19.0 Å². The Morgan fingerprint density at radius 3 is 2.85 bits per heavy atom. The van der Waals surface area contributed by atoms with Crippen LogP contribution >= 0.6 is 0 Å². The van der Waals surface area contributed by atoms with Crippen LogP contribution in [0.4, 0.5) is 4.39 Å². The number of hydrogen-bond acceptors (Lipinski definition) is 6. The zero-order valence-electron chi connectivity index (χ0n) is 14.4. The minimum Gasteiger partial charge on any atom is -0.481 e. The van der Waals surface area contributed by atoms with Gasteiger partial charge in [-0.25, -0.2) is 19.3 Å². The van der Waals surface area contributed by atoms with Crippen LogP contribution in [-0.4, -0.2) is 38.5 Å². The number of ether oxygens (including phenoxy) is 1. The molecule has 1 aliphatic rings. The summed E-state index contributed by atoms with van der Waals surface area (Å²) in [5, 5.41) is 0. The maximum atomic E-state index is 13.5. The summed E-state index contributed by atoms with van der Waals surface area (Å²) in [6.07, 6.45) is 7.34. The molecule has 3 aromatic rings. The summed E-state index contributed by atoms with van der Waals surface area (Å²) in [5.74, 6) is 0.820. The molecule has 4 heterocycles. The van der Waals surface area contributed by atoms with Gasteiger partial charge in [0.2, 0.25) is 5.88 Å². The second-order valence-electron chi connectivity index (χ2n) is 6.18. The van der Waals surface area contributed by atoms with E-state index in [2.05, 4.69) is 19.9 Å². The molecule has 0 spiro atoms. The first kappa shape index (κ1) is 16.5. The fraction of sp³-hybridized carbons (Fsp3) is 0.263. The molecule has 4 rings (SSSR count). The SMILES string of the molecule is COc1ncc(F)cc1CN1CCc2nc(-c3ccncc3)ncc2C1. The summed E-state index contributed by atoms with van der Waals surface area (Å²) in [7, 11) is 1.55. The molecular weight excluding hydrogens is 333 g/mol. The Labute approximate surface area is 150 Å². The third-order valence-corrected chi connectivity index (χ3v) is 4.43. The molecule has 6 nitrogen and oxygen atoms in total. The largest absolute Gasteiger partial charge is 0.481 e. The van der Waals surface area contributed by atoms with Crippen LogP contribution in [0.1, 0.15) is 16.8 Å². The molecule has 26 heavy (non-hydrogen) atoms. The van der Waals surface area contributed by atoms with Gasteiger partial charge >= 0.3 is 0 Å². The molecule has 0 fully saturated rings. The molecule has 0 atom stereocenters. The van der Waals surface area contributed by atoms with Gasteiger partial charge in [-0.15, -0.1) is 0 Å². The van der Waals surface area contributed by atoms with Crippen LogP contribution in [0.25, 0.3) is 11.4 Å². The van der Waals surface area contributed by atoms with E-state index < -0.39 is 0 Å². The van der Waals surface area contributed by atoms with Crippen molar-refractivity contribution in [2.24, 2.45) is 0 Å². The number of rotatable bonds is 4. The van der Waals surface area contributed by atoms with Crippen molar-refractivity contribution in [2.75, 3.05) is 13.7 Å². The maximum absolute atomic E-state index is 13.5. The zero-order valence-corrected chi connectivity index (χ0v) is 14.4. The molecular formula is C19H18FN5O. The number of aromatic nitrogens is 4. The predicted octanol–water partition coefficient (Wildman–Crippen LogP) is 2.64. The third kappa shape index (κ3) is 3.39. The van der Waals surface area contributed by atoms with Gasteiger partial charge in [0, 0.05) is 61.3 Å². The van der Waals surface area contributed by atoms with Crippen molar-refractivity contribution >= 4 is 0 Å². The smallest absolute Gasteiger partial charge is 0.217 e. The molecule has 7 heteroatoms. The standard InChI is InChI=1S/C19H18FN5O/c1-26-19-14(8-16(20)10-23-19)11-25-7-4-17-15(12-25)9-22-18(24-17)13-2-5-21-6-3-13/h2-3,5-6,8-10H,4,7,11-12H2,1H3. The highest BCUT2D eigenvalue weighted by Gasteiger charge is 2.20. The van der Waals surface area contributed by atoms with Crippen LogP contribution in [0.5, 0.6) is 5.88 Å². The van der Waals surface area contributed by atoms with E-state index in [0.29, 0.717) is 19.0 Å². The molecule has 0 saturated heterocycles. The molecule has 0 amide bonds. The van der Waals surface area contributed by atoms with Crippen molar-refractivity contribution in [3.05, 3.63) is 65.6 Å². The van der Waals surface area contributed by atoms with E-state index in [1.54, 1.807) is 19.5 Å². The second kappa shape index (κ2) is 7.13. The highest BCUT2D eigenvalue weighted by Crippen LogP contribution is 2.24. The molecule has 132 valence electrons. The van der Waals surface area contributed by atoms with Gasteiger partial charge < -0.3 is 4.74 Å². The molecule has 0 bridgehead atoms. The lowest BCUT2D eigenvalue weighted by Crippen LogP contribution is -2.31. The lowest BCUT2D eigenvalue weighted by Gasteiger charge is -2.28. The fourth-order valence-corrected chi connectivity index (χ4v) is 3.16. The fourth-order valence-electron chi connectivity index (χ4n) is 3.16. The van der Waals surface area contributed by atoms with Crippen molar-refractivity contribution < 1.29 is 9.13 Å². The van der Waals surface area contributed by atoms with Crippen LogP contribution in [0.3, 0.4) is 0 Å². The summed E-state index contributed by atoms with van der Waals surface area (Å²) in [5.41, 5.74) is 3.86. The van der Waals surface area contributed by atoms with E-state index in [0.717, 1.165) is 41.2 Å². The first-order valence-electron chi connectivity index (χ1n) is 8.39. The number of methoxy groups -OCH3 is 1. The number of halogens is 1. The number of pyridine rings is 2. The summed E-state index contributed by atoms with van der Waals surface area (Å²) in [6, 6.07) is 5.28. The summed E-state index contributed by atoms with van der Waals surface area (Å²) in [6.45, 7) is 2.12. The molecule has 0 unspecified atom stereocenters. The highest BCUT2D eigenvalue weighted by molar-refractivity contribution is 5.54. The van der Waals surface area contributed by atoms with Crippen LogP contribution in [0.2, 0.25) is 0 Å². The number of fused-ring (bicyclic) bond motifs is 1. The third-order valence-electron chi connectivity index (χ3n) is 4.43. The average Bonchev–Trinajstić information content (AvgIpc) is 2.68. The molecule has 0 aliphatic carbocycles. The van der Waals surface area contributed by atoms with Gasteiger partial charge in [-0.1, -0.05) is 0 Å². The Bertz CT molecular complexity index is 919. The van der Waals surface area contributed by atoms with Gasteiger partial charge in [0.25, 0.3) is 0 Å². The Morgan fingerprint density at radius 2 is 2.04 bits per heavy atom. The van der Waals surface area contributed by atoms with E-state index in [1.165, 1.54) is 12.3 Å². The predicted molar refractivity (Wildman–Crippen MR) is 93.8 cm³/mol. The monoisotopic (exact) mass is 351 g/mol. The van der Waals surface area contributed by atoms with Gasteiger partial charge in [0.1, 0.15) is 5.82 Å². The Hall–Kier alpha value is -2.93. The lowest BCUT2D eigenvalue weighted by atomic mass is 10.1. The summed E-state index contributed by atoms with van der Waals surface area (Å²) < 4.78 is 18.8. The van der Waals surface area contributed by atoms with Crippen molar-refractivity contribution in [3.8, 4) is 17.3 Å². The molecule has 3 aromatic heterocycles. The highest BCUT2D eigenvalue weighted by atomic mass is 19.1. The van der Waals surface area contributed by atoms with Crippen LogP contribution in [-0.2, 0) is 19.5 Å². The molecule has 0 saturated carbocycles. The van der Waals surface area contributed by atoms with Crippen molar-refractivity contribution in [2.45, 2.75) is 19.5 Å². The van der Waals surface area contributed by atoms with Crippen molar-refractivity contribution in [1.82, 2.24) is 24.8 Å². The van der Waals surface area contributed by atoms with Crippen LogP contribution < -0.4 is 4.74 Å². The topological polar surface area (TPSA) is 64.0 Å². The van der Waals surface area contributed by atoms with E-state index in [4.69, 9.17) is 9.72 Å². The minimum absolute atomic E-state index is 0.358. The van der Waals surface area contributed by atoms with E-state index in [1.807, 2.05) is 18.3 Å². The van der Waals surface area contributed by atoms with Crippen LogP contribution in [0, 0.1) is 5.82 Å². The van der Waals surface area contributed by atoms with Gasteiger partial charge in [-0.2, -0.15) is 0 Å². The van der Waals surface area contributed by atoms with Gasteiger partial charge in [-0.05, 0) is 18.2 Å². The van der Waals surface area contributed by atoms with Crippen molar-refractivity contribution in [1.29, 1.82) is 0 Å². The zero-order chi connectivity index (χ0) is 17.9. The lowest BCUT2D eigenvalue weighted by molar-refractivity contribution is 0.237. The normalized spacial score (nSPS) is 14.1.